The topological polar surface area (TPSA) is 67.3 Å². The summed E-state index contributed by atoms with van der Waals surface area (Å²) in [5.74, 6) is 1.00. The standard InChI is InChI=1S/C19H23ClN4O2/c1-13-9-16(17(26-2)10-15(13)20)23-19-21-11-14(12-22-19)18(25)24-7-5-3-4-6-8-24/h9-12H,3-8H2,1-2H3,(H,21,22,23). The summed E-state index contributed by atoms with van der Waals surface area (Å²) in [5, 5.41) is 3.75. The first-order valence-corrected chi connectivity index (χ1v) is 9.19. The molecule has 26 heavy (non-hydrogen) atoms. The predicted octanol–water partition coefficient (Wildman–Crippen LogP) is 4.21. The highest BCUT2D eigenvalue weighted by Crippen LogP contribution is 2.32. The number of aryl methyl sites for hydroxylation is 1. The van der Waals surface area contributed by atoms with Gasteiger partial charge in [-0.25, -0.2) is 9.97 Å². The average molecular weight is 375 g/mol. The highest BCUT2D eigenvalue weighted by atomic mass is 35.5. The second kappa shape index (κ2) is 8.36. The molecule has 0 radical (unpaired) electrons. The molecule has 0 saturated carbocycles. The maximum absolute atomic E-state index is 12.6. The number of likely N-dealkylation sites (tertiary alicyclic amines) is 1. The van der Waals surface area contributed by atoms with Gasteiger partial charge in [-0.15, -0.1) is 0 Å². The molecule has 0 bridgehead atoms. The van der Waals surface area contributed by atoms with Crippen molar-refractivity contribution >= 4 is 29.1 Å². The highest BCUT2D eigenvalue weighted by Gasteiger charge is 2.18. The third kappa shape index (κ3) is 4.25. The Kier molecular flexibility index (Phi) is 5.93. The number of rotatable bonds is 4. The monoisotopic (exact) mass is 374 g/mol. The van der Waals surface area contributed by atoms with Gasteiger partial charge in [-0.3, -0.25) is 4.79 Å². The molecule has 1 fully saturated rings. The van der Waals surface area contributed by atoms with Gasteiger partial charge in [0, 0.05) is 36.6 Å². The summed E-state index contributed by atoms with van der Waals surface area (Å²) >= 11 is 6.13. The molecule has 0 aliphatic carbocycles. The van der Waals surface area contributed by atoms with Gasteiger partial charge in [-0.1, -0.05) is 24.4 Å². The summed E-state index contributed by atoms with van der Waals surface area (Å²) < 4.78 is 5.34. The minimum absolute atomic E-state index is 0.00151. The Morgan fingerprint density at radius 1 is 1.15 bits per heavy atom. The zero-order valence-electron chi connectivity index (χ0n) is 15.1. The van der Waals surface area contributed by atoms with E-state index in [-0.39, 0.29) is 5.91 Å². The summed E-state index contributed by atoms with van der Waals surface area (Å²) in [4.78, 5) is 23.1. The van der Waals surface area contributed by atoms with E-state index in [1.165, 1.54) is 12.8 Å². The number of halogens is 1. The molecule has 6 nitrogen and oxygen atoms in total. The molecule has 1 aliphatic heterocycles. The van der Waals surface area contributed by atoms with Crippen LogP contribution in [0.25, 0.3) is 0 Å². The van der Waals surface area contributed by atoms with Crippen LogP contribution in [-0.4, -0.2) is 41.0 Å². The summed E-state index contributed by atoms with van der Waals surface area (Å²) in [6, 6.07) is 3.62. The quantitative estimate of drug-likeness (QED) is 0.868. The van der Waals surface area contributed by atoms with Crippen LogP contribution in [0.3, 0.4) is 0 Å². The number of hydrogen-bond acceptors (Lipinski definition) is 5. The number of hydrogen-bond donors (Lipinski definition) is 1. The fraction of sp³-hybridized carbons (Fsp3) is 0.421. The van der Waals surface area contributed by atoms with Crippen molar-refractivity contribution in [3.05, 3.63) is 40.7 Å². The molecular formula is C19H23ClN4O2. The van der Waals surface area contributed by atoms with Gasteiger partial charge in [0.25, 0.3) is 5.91 Å². The average Bonchev–Trinajstić information content (AvgIpc) is 2.94. The molecule has 0 atom stereocenters. The lowest BCUT2D eigenvalue weighted by molar-refractivity contribution is 0.0761. The number of ether oxygens (including phenoxy) is 1. The van der Waals surface area contributed by atoms with Crippen molar-refractivity contribution in [2.24, 2.45) is 0 Å². The lowest BCUT2D eigenvalue weighted by Gasteiger charge is -2.20. The Morgan fingerprint density at radius 2 is 1.81 bits per heavy atom. The van der Waals surface area contributed by atoms with E-state index in [9.17, 15) is 4.79 Å². The summed E-state index contributed by atoms with van der Waals surface area (Å²) in [5.41, 5.74) is 2.15. The smallest absolute Gasteiger partial charge is 0.256 e. The number of amides is 1. The number of nitrogens with one attached hydrogen (secondary N) is 1. The molecule has 1 saturated heterocycles. The van der Waals surface area contributed by atoms with Crippen LogP contribution in [0.5, 0.6) is 5.75 Å². The van der Waals surface area contributed by atoms with E-state index in [0.29, 0.717) is 22.3 Å². The first-order chi connectivity index (χ1) is 12.6. The van der Waals surface area contributed by atoms with E-state index in [1.54, 1.807) is 25.6 Å². The Bertz CT molecular complexity index is 772. The number of carbonyl (C=O) groups is 1. The second-order valence-corrected chi connectivity index (χ2v) is 6.84. The van der Waals surface area contributed by atoms with Crippen LogP contribution in [-0.2, 0) is 0 Å². The van der Waals surface area contributed by atoms with Crippen LogP contribution >= 0.6 is 11.6 Å². The molecule has 0 unspecified atom stereocenters. The first-order valence-electron chi connectivity index (χ1n) is 8.81. The van der Waals surface area contributed by atoms with E-state index in [4.69, 9.17) is 16.3 Å². The van der Waals surface area contributed by atoms with E-state index < -0.39 is 0 Å². The van der Waals surface area contributed by atoms with Crippen LogP contribution < -0.4 is 10.1 Å². The lowest BCUT2D eigenvalue weighted by atomic mass is 10.2. The highest BCUT2D eigenvalue weighted by molar-refractivity contribution is 6.31. The fourth-order valence-electron chi connectivity index (χ4n) is 3.01. The molecule has 138 valence electrons. The van der Waals surface area contributed by atoms with E-state index in [1.807, 2.05) is 17.9 Å². The van der Waals surface area contributed by atoms with Gasteiger partial charge in [0.15, 0.2) is 0 Å². The normalized spacial score (nSPS) is 14.7. The van der Waals surface area contributed by atoms with Crippen molar-refractivity contribution < 1.29 is 9.53 Å². The Balaban J connectivity index is 1.74. The first kappa shape index (κ1) is 18.5. The molecule has 0 spiro atoms. The zero-order valence-corrected chi connectivity index (χ0v) is 15.8. The van der Waals surface area contributed by atoms with Gasteiger partial charge in [0.2, 0.25) is 5.95 Å². The molecule has 3 rings (SSSR count). The summed E-state index contributed by atoms with van der Waals surface area (Å²) in [7, 11) is 1.58. The molecular weight excluding hydrogens is 352 g/mol. The Hall–Kier alpha value is -2.34. The Morgan fingerprint density at radius 3 is 2.42 bits per heavy atom. The van der Waals surface area contributed by atoms with Crippen LogP contribution in [0.4, 0.5) is 11.6 Å². The van der Waals surface area contributed by atoms with Gasteiger partial charge in [-0.05, 0) is 31.4 Å². The SMILES string of the molecule is COc1cc(Cl)c(C)cc1Nc1ncc(C(=O)N2CCCCCC2)cn1. The molecule has 1 aliphatic rings. The molecule has 1 aromatic heterocycles. The van der Waals surface area contributed by atoms with Crippen molar-refractivity contribution in [2.75, 3.05) is 25.5 Å². The minimum atomic E-state index is -0.00151. The minimum Gasteiger partial charge on any atom is -0.495 e. The molecule has 2 aromatic rings. The lowest BCUT2D eigenvalue weighted by Crippen LogP contribution is -2.32. The molecule has 2 heterocycles. The second-order valence-electron chi connectivity index (χ2n) is 6.43. The van der Waals surface area contributed by atoms with Crippen molar-refractivity contribution in [2.45, 2.75) is 32.6 Å². The van der Waals surface area contributed by atoms with E-state index in [2.05, 4.69) is 15.3 Å². The Labute approximate surface area is 158 Å². The van der Waals surface area contributed by atoms with Gasteiger partial charge in [-0.2, -0.15) is 0 Å². The van der Waals surface area contributed by atoms with Gasteiger partial charge >= 0.3 is 0 Å². The van der Waals surface area contributed by atoms with Gasteiger partial charge in [0.1, 0.15) is 5.75 Å². The number of anilines is 2. The van der Waals surface area contributed by atoms with Gasteiger partial charge < -0.3 is 15.0 Å². The van der Waals surface area contributed by atoms with E-state index >= 15 is 0 Å². The maximum Gasteiger partial charge on any atom is 0.256 e. The van der Waals surface area contributed by atoms with Crippen molar-refractivity contribution in [1.82, 2.24) is 14.9 Å². The van der Waals surface area contributed by atoms with Crippen molar-refractivity contribution in [3.8, 4) is 5.75 Å². The number of methoxy groups -OCH3 is 1. The molecule has 1 aromatic carbocycles. The zero-order chi connectivity index (χ0) is 18.5. The predicted molar refractivity (Wildman–Crippen MR) is 102 cm³/mol. The molecule has 7 heteroatoms. The van der Waals surface area contributed by atoms with Crippen LogP contribution in [0.15, 0.2) is 24.5 Å². The number of aromatic nitrogens is 2. The molecule has 1 amide bonds. The maximum atomic E-state index is 12.6. The number of carbonyl (C=O) groups excluding carboxylic acids is 1. The number of nitrogens with zero attached hydrogens (tertiary/aromatic N) is 3. The summed E-state index contributed by atoms with van der Waals surface area (Å²) in [6.07, 6.45) is 7.62. The third-order valence-electron chi connectivity index (χ3n) is 4.52. The number of benzene rings is 1. The molecule has 1 N–H and O–H groups in total. The fourth-order valence-corrected chi connectivity index (χ4v) is 3.16. The summed E-state index contributed by atoms with van der Waals surface area (Å²) in [6.45, 7) is 3.52. The van der Waals surface area contributed by atoms with Crippen molar-refractivity contribution in [3.63, 3.8) is 0 Å². The van der Waals surface area contributed by atoms with Gasteiger partial charge in [0.05, 0.1) is 18.4 Å². The third-order valence-corrected chi connectivity index (χ3v) is 4.93. The largest absolute Gasteiger partial charge is 0.495 e. The van der Waals surface area contributed by atoms with E-state index in [0.717, 1.165) is 37.2 Å². The van der Waals surface area contributed by atoms with Crippen molar-refractivity contribution in [1.29, 1.82) is 0 Å². The van der Waals surface area contributed by atoms with Crippen LogP contribution in [0.2, 0.25) is 5.02 Å². The van der Waals surface area contributed by atoms with Crippen LogP contribution in [0.1, 0.15) is 41.6 Å². The van der Waals surface area contributed by atoms with Crippen LogP contribution in [0, 0.1) is 6.92 Å².